The molecule has 0 aliphatic heterocycles. The zero-order valence-electron chi connectivity index (χ0n) is 10.7. The highest BCUT2D eigenvalue weighted by atomic mass is 32.1. The minimum atomic E-state index is 0.481. The Kier molecular flexibility index (Phi) is 3.33. The van der Waals surface area contributed by atoms with Gasteiger partial charge in [-0.05, 0) is 18.3 Å². The predicted octanol–water partition coefficient (Wildman–Crippen LogP) is 3.53. The maximum Gasteiger partial charge on any atom is 0.194 e. The SMILES string of the molecule is CC(C)Cc1nc2sc(C(C)C)cn2c1C=O. The first-order valence-electron chi connectivity index (χ1n) is 5.98. The molecule has 2 aromatic heterocycles. The number of hydrogen-bond acceptors (Lipinski definition) is 3. The van der Waals surface area contributed by atoms with Gasteiger partial charge in [0, 0.05) is 11.1 Å². The molecule has 0 atom stereocenters. The van der Waals surface area contributed by atoms with E-state index in [1.54, 1.807) is 11.3 Å². The molecule has 0 N–H and O–H groups in total. The Hall–Kier alpha value is -1.16. The van der Waals surface area contributed by atoms with Crippen molar-refractivity contribution in [2.75, 3.05) is 0 Å². The maximum absolute atomic E-state index is 11.2. The number of aldehydes is 1. The molecular formula is C13H18N2OS. The third-order valence-corrected chi connectivity index (χ3v) is 4.02. The van der Waals surface area contributed by atoms with E-state index in [1.807, 2.05) is 10.6 Å². The van der Waals surface area contributed by atoms with Crippen LogP contribution in [0.25, 0.3) is 4.96 Å². The summed E-state index contributed by atoms with van der Waals surface area (Å²) in [6, 6.07) is 0. The van der Waals surface area contributed by atoms with E-state index in [-0.39, 0.29) is 0 Å². The summed E-state index contributed by atoms with van der Waals surface area (Å²) in [7, 11) is 0. The van der Waals surface area contributed by atoms with E-state index in [4.69, 9.17) is 0 Å². The molecule has 3 nitrogen and oxygen atoms in total. The lowest BCUT2D eigenvalue weighted by atomic mass is 10.1. The average molecular weight is 250 g/mol. The highest BCUT2D eigenvalue weighted by Gasteiger charge is 2.16. The number of imidazole rings is 1. The van der Waals surface area contributed by atoms with Crippen LogP contribution in [0.5, 0.6) is 0 Å². The Morgan fingerprint density at radius 3 is 2.65 bits per heavy atom. The minimum Gasteiger partial charge on any atom is -0.296 e. The van der Waals surface area contributed by atoms with E-state index in [0.717, 1.165) is 29.1 Å². The van der Waals surface area contributed by atoms with Gasteiger partial charge < -0.3 is 0 Å². The summed E-state index contributed by atoms with van der Waals surface area (Å²) in [5, 5.41) is 0. The van der Waals surface area contributed by atoms with Crippen LogP contribution in [-0.4, -0.2) is 15.7 Å². The molecule has 0 aliphatic carbocycles. The van der Waals surface area contributed by atoms with Crippen LogP contribution in [0, 0.1) is 5.92 Å². The van der Waals surface area contributed by atoms with Gasteiger partial charge in [0.05, 0.1) is 5.69 Å². The van der Waals surface area contributed by atoms with Crippen molar-refractivity contribution in [3.8, 4) is 0 Å². The van der Waals surface area contributed by atoms with Crippen molar-refractivity contribution >= 4 is 22.6 Å². The molecular weight excluding hydrogens is 232 g/mol. The number of aromatic nitrogens is 2. The Morgan fingerprint density at radius 2 is 2.12 bits per heavy atom. The van der Waals surface area contributed by atoms with E-state index >= 15 is 0 Å². The van der Waals surface area contributed by atoms with Crippen molar-refractivity contribution in [3.63, 3.8) is 0 Å². The van der Waals surface area contributed by atoms with Crippen molar-refractivity contribution in [2.24, 2.45) is 5.92 Å². The summed E-state index contributed by atoms with van der Waals surface area (Å²) in [4.78, 5) is 18.0. The fourth-order valence-corrected chi connectivity index (χ4v) is 2.86. The van der Waals surface area contributed by atoms with Gasteiger partial charge in [-0.2, -0.15) is 0 Å². The third kappa shape index (κ3) is 2.27. The van der Waals surface area contributed by atoms with E-state index in [9.17, 15) is 4.79 Å². The topological polar surface area (TPSA) is 34.4 Å². The van der Waals surface area contributed by atoms with Crippen molar-refractivity contribution < 1.29 is 4.79 Å². The van der Waals surface area contributed by atoms with E-state index in [2.05, 4.69) is 32.7 Å². The highest BCUT2D eigenvalue weighted by Crippen LogP contribution is 2.27. The number of rotatable bonds is 4. The molecule has 0 saturated carbocycles. The van der Waals surface area contributed by atoms with Crippen LogP contribution in [0.2, 0.25) is 0 Å². The van der Waals surface area contributed by atoms with Crippen LogP contribution in [-0.2, 0) is 6.42 Å². The van der Waals surface area contributed by atoms with Gasteiger partial charge in [0.15, 0.2) is 11.2 Å². The number of carbonyl (C=O) groups excluding carboxylic acids is 1. The summed E-state index contributed by atoms with van der Waals surface area (Å²) in [6.45, 7) is 8.59. The first-order chi connectivity index (χ1) is 8.02. The fraction of sp³-hybridized carbons (Fsp3) is 0.538. The van der Waals surface area contributed by atoms with Crippen LogP contribution in [0.4, 0.5) is 0 Å². The van der Waals surface area contributed by atoms with Gasteiger partial charge >= 0.3 is 0 Å². The van der Waals surface area contributed by atoms with Crippen molar-refractivity contribution in [2.45, 2.75) is 40.0 Å². The molecule has 2 heterocycles. The first kappa shape index (κ1) is 12.3. The Morgan fingerprint density at radius 1 is 1.41 bits per heavy atom. The summed E-state index contributed by atoms with van der Waals surface area (Å²) in [6.07, 6.45) is 3.83. The summed E-state index contributed by atoms with van der Waals surface area (Å²) >= 11 is 1.68. The summed E-state index contributed by atoms with van der Waals surface area (Å²) in [5.41, 5.74) is 1.65. The number of fused-ring (bicyclic) bond motifs is 1. The van der Waals surface area contributed by atoms with Gasteiger partial charge in [-0.1, -0.05) is 27.7 Å². The van der Waals surface area contributed by atoms with Crippen LogP contribution in [0.1, 0.15) is 54.7 Å². The molecule has 0 saturated heterocycles. The van der Waals surface area contributed by atoms with Crippen molar-refractivity contribution in [1.29, 1.82) is 0 Å². The molecule has 0 spiro atoms. The molecule has 2 rings (SSSR count). The zero-order chi connectivity index (χ0) is 12.6. The van der Waals surface area contributed by atoms with Gasteiger partial charge in [-0.3, -0.25) is 9.20 Å². The van der Waals surface area contributed by atoms with Gasteiger partial charge in [0.1, 0.15) is 5.69 Å². The normalized spacial score (nSPS) is 11.9. The zero-order valence-corrected chi connectivity index (χ0v) is 11.5. The molecule has 0 fully saturated rings. The molecule has 0 aromatic carbocycles. The van der Waals surface area contributed by atoms with Gasteiger partial charge in [-0.25, -0.2) is 4.98 Å². The molecule has 0 bridgehead atoms. The lowest BCUT2D eigenvalue weighted by Crippen LogP contribution is -1.99. The van der Waals surface area contributed by atoms with Crippen LogP contribution in [0.15, 0.2) is 6.20 Å². The molecule has 92 valence electrons. The van der Waals surface area contributed by atoms with Gasteiger partial charge in [0.2, 0.25) is 0 Å². The minimum absolute atomic E-state index is 0.481. The molecule has 0 unspecified atom stereocenters. The second-order valence-electron chi connectivity index (χ2n) is 5.10. The quantitative estimate of drug-likeness (QED) is 0.778. The fourth-order valence-electron chi connectivity index (χ4n) is 1.85. The number of thiazole rings is 1. The summed E-state index contributed by atoms with van der Waals surface area (Å²) in [5.74, 6) is 0.998. The number of nitrogens with zero attached hydrogens (tertiary/aromatic N) is 2. The molecule has 2 aromatic rings. The van der Waals surface area contributed by atoms with E-state index in [1.165, 1.54) is 4.88 Å². The van der Waals surface area contributed by atoms with Crippen LogP contribution >= 0.6 is 11.3 Å². The first-order valence-corrected chi connectivity index (χ1v) is 6.80. The molecule has 0 aliphatic rings. The number of hydrogen-bond donors (Lipinski definition) is 0. The predicted molar refractivity (Wildman–Crippen MR) is 71.1 cm³/mol. The average Bonchev–Trinajstić information content (AvgIpc) is 2.73. The van der Waals surface area contributed by atoms with Crippen molar-refractivity contribution in [3.05, 3.63) is 22.5 Å². The van der Waals surface area contributed by atoms with E-state index in [0.29, 0.717) is 11.8 Å². The van der Waals surface area contributed by atoms with Crippen LogP contribution in [0.3, 0.4) is 0 Å². The smallest absolute Gasteiger partial charge is 0.194 e. The summed E-state index contributed by atoms with van der Waals surface area (Å²) < 4.78 is 1.94. The molecule has 17 heavy (non-hydrogen) atoms. The second kappa shape index (κ2) is 4.61. The number of carbonyl (C=O) groups is 1. The highest BCUT2D eigenvalue weighted by molar-refractivity contribution is 7.17. The molecule has 0 radical (unpaired) electrons. The van der Waals surface area contributed by atoms with Gasteiger partial charge in [-0.15, -0.1) is 11.3 Å². The van der Waals surface area contributed by atoms with Gasteiger partial charge in [0.25, 0.3) is 0 Å². The second-order valence-corrected chi connectivity index (χ2v) is 6.14. The third-order valence-electron chi connectivity index (χ3n) is 2.74. The van der Waals surface area contributed by atoms with E-state index < -0.39 is 0 Å². The monoisotopic (exact) mass is 250 g/mol. The maximum atomic E-state index is 11.2. The largest absolute Gasteiger partial charge is 0.296 e. The Balaban J connectivity index is 2.51. The standard InChI is InChI=1S/C13H18N2OS/c1-8(2)5-10-11(7-16)15-6-12(9(3)4)17-13(15)14-10/h6-9H,5H2,1-4H3. The molecule has 4 heteroatoms. The van der Waals surface area contributed by atoms with Crippen molar-refractivity contribution in [1.82, 2.24) is 9.38 Å². The Bertz CT molecular complexity index is 537. The molecule has 0 amide bonds. The Labute approximate surface area is 105 Å². The lowest BCUT2D eigenvalue weighted by molar-refractivity contribution is 0.111. The van der Waals surface area contributed by atoms with Crippen LogP contribution < -0.4 is 0 Å². The lowest BCUT2D eigenvalue weighted by Gasteiger charge is -2.02.